The summed E-state index contributed by atoms with van der Waals surface area (Å²) in [4.78, 5) is 4.63. The van der Waals surface area contributed by atoms with E-state index in [0.29, 0.717) is 0 Å². The summed E-state index contributed by atoms with van der Waals surface area (Å²) in [6.07, 6.45) is 1.87. The molecular formula is C53H41N. The van der Waals surface area contributed by atoms with Gasteiger partial charge in [-0.1, -0.05) is 155 Å². The van der Waals surface area contributed by atoms with Gasteiger partial charge in [-0.3, -0.25) is 4.98 Å². The fourth-order valence-corrected chi connectivity index (χ4v) is 9.16. The monoisotopic (exact) mass is 691 g/mol. The van der Waals surface area contributed by atoms with Crippen LogP contribution in [-0.2, 0) is 10.8 Å². The molecule has 0 saturated heterocycles. The number of rotatable bonds is 5. The zero-order chi connectivity index (χ0) is 36.6. The minimum atomic E-state index is -0.158. The van der Waals surface area contributed by atoms with Crippen molar-refractivity contribution in [2.24, 2.45) is 0 Å². The Morgan fingerprint density at radius 3 is 1.22 bits per heavy atom. The maximum atomic E-state index is 4.63. The molecule has 0 aliphatic heterocycles. The Balaban J connectivity index is 1.03. The van der Waals surface area contributed by atoms with Crippen LogP contribution in [0.4, 0.5) is 0 Å². The fourth-order valence-electron chi connectivity index (χ4n) is 9.16. The summed E-state index contributed by atoms with van der Waals surface area (Å²) >= 11 is 0. The molecule has 0 fully saturated rings. The van der Waals surface area contributed by atoms with Crippen LogP contribution in [0.1, 0.15) is 49.9 Å². The van der Waals surface area contributed by atoms with Crippen LogP contribution >= 0.6 is 0 Å². The highest BCUT2D eigenvalue weighted by Crippen LogP contribution is 2.53. The maximum absolute atomic E-state index is 4.63. The van der Waals surface area contributed by atoms with Gasteiger partial charge in [0.05, 0.1) is 5.69 Å². The average molecular weight is 692 g/mol. The molecule has 0 saturated carbocycles. The average Bonchev–Trinajstić information content (AvgIpc) is 3.59. The summed E-state index contributed by atoms with van der Waals surface area (Å²) in [5.74, 6) is 0. The standard InChI is InChI=1S/C53H41N/c1-52(2)47-30-37(38-20-25-43-45-27-22-40(51-17-11-12-28-54-51)33-50(45)53(3,4)48(43)31-38)19-24-42(47)44-26-21-39(32-49(44)52)46-29-36(34-13-7-5-8-14-34)18-23-41(46)35-15-9-6-10-16-35/h5-33H,1-4H3. The zero-order valence-corrected chi connectivity index (χ0v) is 31.2. The van der Waals surface area contributed by atoms with Gasteiger partial charge in [0.15, 0.2) is 0 Å². The number of benzene rings is 7. The summed E-state index contributed by atoms with van der Waals surface area (Å²) in [7, 11) is 0. The molecule has 258 valence electrons. The van der Waals surface area contributed by atoms with Crippen LogP contribution in [0.3, 0.4) is 0 Å². The Bertz CT molecular complexity index is 2740. The molecule has 1 nitrogen and oxygen atoms in total. The van der Waals surface area contributed by atoms with Gasteiger partial charge >= 0.3 is 0 Å². The van der Waals surface area contributed by atoms with Crippen LogP contribution in [0.5, 0.6) is 0 Å². The zero-order valence-electron chi connectivity index (χ0n) is 31.2. The predicted molar refractivity (Wildman–Crippen MR) is 227 cm³/mol. The van der Waals surface area contributed by atoms with E-state index in [1.807, 2.05) is 12.3 Å². The third kappa shape index (κ3) is 5.03. The molecule has 1 aromatic heterocycles. The lowest BCUT2D eigenvalue weighted by molar-refractivity contribution is 0.659. The van der Waals surface area contributed by atoms with E-state index in [1.165, 1.54) is 94.6 Å². The molecule has 10 rings (SSSR count). The lowest BCUT2D eigenvalue weighted by atomic mass is 9.79. The minimum absolute atomic E-state index is 0.121. The van der Waals surface area contributed by atoms with Crippen molar-refractivity contribution < 1.29 is 0 Å². The Morgan fingerprint density at radius 2 is 0.704 bits per heavy atom. The van der Waals surface area contributed by atoms with Gasteiger partial charge in [-0.05, 0) is 131 Å². The summed E-state index contributed by atoms with van der Waals surface area (Å²) < 4.78 is 0. The fraction of sp³-hybridized carbons (Fsp3) is 0.113. The molecular weight excluding hydrogens is 651 g/mol. The molecule has 1 heterocycles. The molecule has 0 amide bonds. The molecule has 7 aromatic carbocycles. The van der Waals surface area contributed by atoms with E-state index in [9.17, 15) is 0 Å². The second kappa shape index (κ2) is 12.1. The van der Waals surface area contributed by atoms with Gasteiger partial charge < -0.3 is 0 Å². The molecule has 54 heavy (non-hydrogen) atoms. The number of hydrogen-bond donors (Lipinski definition) is 0. The number of nitrogens with zero attached hydrogens (tertiary/aromatic N) is 1. The molecule has 0 radical (unpaired) electrons. The first-order valence-electron chi connectivity index (χ1n) is 19.0. The van der Waals surface area contributed by atoms with E-state index in [2.05, 4.69) is 196 Å². The van der Waals surface area contributed by atoms with Gasteiger partial charge in [-0.15, -0.1) is 0 Å². The van der Waals surface area contributed by atoms with Crippen LogP contribution in [0.2, 0.25) is 0 Å². The summed E-state index contributed by atoms with van der Waals surface area (Å²) in [5, 5.41) is 0. The highest BCUT2D eigenvalue weighted by molar-refractivity contribution is 5.92. The first-order chi connectivity index (χ1) is 26.3. The normalized spacial score (nSPS) is 14.2. The lowest BCUT2D eigenvalue weighted by Crippen LogP contribution is -2.15. The number of pyridine rings is 1. The molecule has 8 aromatic rings. The Kier molecular flexibility index (Phi) is 7.26. The number of aromatic nitrogens is 1. The molecule has 0 bridgehead atoms. The summed E-state index contributed by atoms with van der Waals surface area (Å²) in [5.41, 5.74) is 22.7. The number of fused-ring (bicyclic) bond motifs is 6. The maximum Gasteiger partial charge on any atom is 0.0702 e. The highest BCUT2D eigenvalue weighted by atomic mass is 14.7. The van der Waals surface area contributed by atoms with Crippen molar-refractivity contribution in [3.05, 3.63) is 198 Å². The highest BCUT2D eigenvalue weighted by Gasteiger charge is 2.38. The second-order valence-corrected chi connectivity index (χ2v) is 16.0. The van der Waals surface area contributed by atoms with Gasteiger partial charge in [0, 0.05) is 22.6 Å². The lowest BCUT2D eigenvalue weighted by Gasteiger charge is -2.24. The first kappa shape index (κ1) is 32.3. The van der Waals surface area contributed by atoms with Crippen LogP contribution in [0.15, 0.2) is 176 Å². The van der Waals surface area contributed by atoms with E-state index >= 15 is 0 Å². The van der Waals surface area contributed by atoms with Crippen LogP contribution < -0.4 is 0 Å². The van der Waals surface area contributed by atoms with Gasteiger partial charge in [-0.2, -0.15) is 0 Å². The van der Waals surface area contributed by atoms with E-state index in [-0.39, 0.29) is 10.8 Å². The van der Waals surface area contributed by atoms with E-state index in [0.717, 1.165) is 5.69 Å². The molecule has 2 aliphatic rings. The SMILES string of the molecule is CC1(C)c2cc(-c3ccc4c(c3)C(C)(C)c3cc(-c5cc(-c6ccccc6)ccc5-c5ccccc5)ccc3-4)ccc2-c2ccc(-c3ccccn3)cc21. The Hall–Kier alpha value is -6.31. The second-order valence-electron chi connectivity index (χ2n) is 16.0. The van der Waals surface area contributed by atoms with E-state index in [1.54, 1.807) is 0 Å². The van der Waals surface area contributed by atoms with Crippen LogP contribution in [0.25, 0.3) is 78.0 Å². The van der Waals surface area contributed by atoms with Crippen molar-refractivity contribution in [3.8, 4) is 78.0 Å². The predicted octanol–water partition coefficient (Wildman–Crippen LogP) is 14.0. The quantitative estimate of drug-likeness (QED) is 0.175. The van der Waals surface area contributed by atoms with Crippen molar-refractivity contribution in [3.63, 3.8) is 0 Å². The van der Waals surface area contributed by atoms with E-state index in [4.69, 9.17) is 0 Å². The van der Waals surface area contributed by atoms with Crippen molar-refractivity contribution in [2.75, 3.05) is 0 Å². The van der Waals surface area contributed by atoms with Crippen molar-refractivity contribution >= 4 is 0 Å². The van der Waals surface area contributed by atoms with Gasteiger partial charge in [-0.25, -0.2) is 0 Å². The summed E-state index contributed by atoms with van der Waals surface area (Å²) in [6, 6.07) is 62.8. The first-order valence-corrected chi connectivity index (χ1v) is 19.0. The van der Waals surface area contributed by atoms with Crippen LogP contribution in [0, 0.1) is 0 Å². The van der Waals surface area contributed by atoms with Gasteiger partial charge in [0.25, 0.3) is 0 Å². The van der Waals surface area contributed by atoms with Crippen molar-refractivity contribution in [2.45, 2.75) is 38.5 Å². The minimum Gasteiger partial charge on any atom is -0.256 e. The van der Waals surface area contributed by atoms with Crippen molar-refractivity contribution in [1.29, 1.82) is 0 Å². The van der Waals surface area contributed by atoms with Gasteiger partial charge in [0.2, 0.25) is 0 Å². The molecule has 0 N–H and O–H groups in total. The van der Waals surface area contributed by atoms with E-state index < -0.39 is 0 Å². The van der Waals surface area contributed by atoms with Crippen molar-refractivity contribution in [1.82, 2.24) is 4.98 Å². The Morgan fingerprint density at radius 1 is 0.296 bits per heavy atom. The Labute approximate surface area is 318 Å². The largest absolute Gasteiger partial charge is 0.256 e. The van der Waals surface area contributed by atoms with Gasteiger partial charge in [0.1, 0.15) is 0 Å². The smallest absolute Gasteiger partial charge is 0.0702 e. The summed E-state index contributed by atoms with van der Waals surface area (Å²) in [6.45, 7) is 9.52. The molecule has 0 atom stereocenters. The van der Waals surface area contributed by atoms with Crippen LogP contribution in [-0.4, -0.2) is 4.98 Å². The molecule has 2 aliphatic carbocycles. The topological polar surface area (TPSA) is 12.9 Å². The number of hydrogen-bond acceptors (Lipinski definition) is 1. The molecule has 0 unspecified atom stereocenters. The molecule has 0 spiro atoms. The third-order valence-corrected chi connectivity index (χ3v) is 12.2. The third-order valence-electron chi connectivity index (χ3n) is 12.2. The molecule has 1 heteroatoms.